The lowest BCUT2D eigenvalue weighted by Crippen LogP contribution is -2.15. The first kappa shape index (κ1) is 13.3. The summed E-state index contributed by atoms with van der Waals surface area (Å²) in [5, 5.41) is 11.6. The van der Waals surface area contributed by atoms with Gasteiger partial charge in [0, 0.05) is 12.8 Å². The average molecular weight is 258 g/mol. The van der Waals surface area contributed by atoms with Crippen LogP contribution in [0.5, 0.6) is 0 Å². The molecule has 0 spiro atoms. The first-order chi connectivity index (χ1) is 7.79. The molecule has 0 unspecified atom stereocenters. The Kier molecular flexibility index (Phi) is 3.95. The fourth-order valence-electron chi connectivity index (χ4n) is 1.23. The first-order valence-electron chi connectivity index (χ1n) is 4.84. The number of anilines is 2. The van der Waals surface area contributed by atoms with Crippen molar-refractivity contribution in [3.8, 4) is 0 Å². The summed E-state index contributed by atoms with van der Waals surface area (Å²) < 4.78 is 21.8. The number of hydrogen-bond donors (Lipinski definition) is 3. The SMILES string of the molecule is CS(=O)(=O)CCNc1ccc(C(=O)O)cc1N. The molecule has 0 radical (unpaired) electrons. The number of nitrogen functional groups attached to an aromatic ring is 1. The van der Waals surface area contributed by atoms with Gasteiger partial charge in [0.1, 0.15) is 9.84 Å². The maximum absolute atomic E-state index is 10.9. The smallest absolute Gasteiger partial charge is 0.335 e. The summed E-state index contributed by atoms with van der Waals surface area (Å²) in [4.78, 5) is 10.7. The number of sulfone groups is 1. The summed E-state index contributed by atoms with van der Waals surface area (Å²) in [5.41, 5.74) is 6.53. The normalized spacial score (nSPS) is 11.1. The van der Waals surface area contributed by atoms with Crippen molar-refractivity contribution in [3.63, 3.8) is 0 Å². The van der Waals surface area contributed by atoms with Crippen LogP contribution in [0.15, 0.2) is 18.2 Å². The molecule has 0 atom stereocenters. The third-order valence-electron chi connectivity index (χ3n) is 2.09. The summed E-state index contributed by atoms with van der Waals surface area (Å²) in [5.74, 6) is -1.06. The second-order valence-corrected chi connectivity index (χ2v) is 5.92. The summed E-state index contributed by atoms with van der Waals surface area (Å²) in [7, 11) is -3.03. The van der Waals surface area contributed by atoms with E-state index in [-0.39, 0.29) is 23.5 Å². The Morgan fingerprint density at radius 1 is 1.47 bits per heavy atom. The summed E-state index contributed by atoms with van der Waals surface area (Å²) >= 11 is 0. The van der Waals surface area contributed by atoms with E-state index in [1.807, 2.05) is 0 Å². The summed E-state index contributed by atoms with van der Waals surface area (Å²) in [6.45, 7) is 0.232. The number of nitrogens with two attached hydrogens (primary N) is 1. The van der Waals surface area contributed by atoms with E-state index < -0.39 is 15.8 Å². The van der Waals surface area contributed by atoms with Crippen molar-refractivity contribution in [1.82, 2.24) is 0 Å². The summed E-state index contributed by atoms with van der Waals surface area (Å²) in [6.07, 6.45) is 1.14. The van der Waals surface area contributed by atoms with Crippen molar-refractivity contribution in [2.24, 2.45) is 0 Å². The van der Waals surface area contributed by atoms with E-state index in [2.05, 4.69) is 5.32 Å². The molecule has 6 nitrogen and oxygen atoms in total. The van der Waals surface area contributed by atoms with E-state index in [1.54, 1.807) is 0 Å². The molecule has 0 amide bonds. The van der Waals surface area contributed by atoms with Gasteiger partial charge in [-0.25, -0.2) is 13.2 Å². The molecule has 7 heteroatoms. The van der Waals surface area contributed by atoms with Crippen LogP contribution in [0.3, 0.4) is 0 Å². The molecule has 0 bridgehead atoms. The summed E-state index contributed by atoms with van der Waals surface area (Å²) in [6, 6.07) is 4.24. The quantitative estimate of drug-likeness (QED) is 0.660. The highest BCUT2D eigenvalue weighted by molar-refractivity contribution is 7.90. The molecule has 1 aromatic rings. The molecule has 17 heavy (non-hydrogen) atoms. The van der Waals surface area contributed by atoms with E-state index in [1.165, 1.54) is 18.2 Å². The lowest BCUT2D eigenvalue weighted by atomic mass is 10.2. The second-order valence-electron chi connectivity index (χ2n) is 3.66. The van der Waals surface area contributed by atoms with E-state index >= 15 is 0 Å². The monoisotopic (exact) mass is 258 g/mol. The zero-order valence-electron chi connectivity index (χ0n) is 9.30. The van der Waals surface area contributed by atoms with Gasteiger partial charge in [-0.15, -0.1) is 0 Å². The van der Waals surface area contributed by atoms with E-state index in [4.69, 9.17) is 10.8 Å². The minimum absolute atomic E-state index is 0.00682. The molecule has 0 fully saturated rings. The van der Waals surface area contributed by atoms with Crippen LogP contribution in [0.2, 0.25) is 0 Å². The highest BCUT2D eigenvalue weighted by Crippen LogP contribution is 2.19. The van der Waals surface area contributed by atoms with Gasteiger partial charge in [-0.1, -0.05) is 0 Å². The second kappa shape index (κ2) is 5.05. The molecule has 4 N–H and O–H groups in total. The molecule has 0 aliphatic carbocycles. The maximum atomic E-state index is 10.9. The minimum Gasteiger partial charge on any atom is -0.478 e. The molecule has 0 saturated carbocycles. The van der Waals surface area contributed by atoms with Crippen LogP contribution in [0, 0.1) is 0 Å². The standard InChI is InChI=1S/C10H14N2O4S/c1-17(15,16)5-4-12-9-3-2-7(10(13)14)6-8(9)11/h2-3,6,12H,4-5,11H2,1H3,(H,13,14). The molecule has 0 aliphatic heterocycles. The minimum atomic E-state index is -3.03. The highest BCUT2D eigenvalue weighted by Gasteiger charge is 2.07. The number of carboxylic acid groups (broad SMARTS) is 1. The highest BCUT2D eigenvalue weighted by atomic mass is 32.2. The Balaban J connectivity index is 2.70. The number of carbonyl (C=O) groups is 1. The predicted octanol–water partition coefficient (Wildman–Crippen LogP) is 0.423. The van der Waals surface area contributed by atoms with Crippen LogP contribution in [-0.2, 0) is 9.84 Å². The number of nitrogens with one attached hydrogen (secondary N) is 1. The Labute approximate surface area is 99.4 Å². The van der Waals surface area contributed by atoms with Crippen LogP contribution < -0.4 is 11.1 Å². The van der Waals surface area contributed by atoms with E-state index in [9.17, 15) is 13.2 Å². The van der Waals surface area contributed by atoms with Gasteiger partial charge >= 0.3 is 5.97 Å². The number of carboxylic acids is 1. The molecular weight excluding hydrogens is 244 g/mol. The molecule has 94 valence electrons. The van der Waals surface area contributed by atoms with Crippen LogP contribution in [0.25, 0.3) is 0 Å². The van der Waals surface area contributed by atoms with Crippen molar-refractivity contribution in [2.75, 3.05) is 29.6 Å². The van der Waals surface area contributed by atoms with Crippen LogP contribution >= 0.6 is 0 Å². The van der Waals surface area contributed by atoms with Gasteiger partial charge < -0.3 is 16.2 Å². The number of rotatable bonds is 5. The lowest BCUT2D eigenvalue weighted by molar-refractivity contribution is 0.0697. The molecule has 0 heterocycles. The number of hydrogen-bond acceptors (Lipinski definition) is 5. The van der Waals surface area contributed by atoms with Crippen LogP contribution in [0.1, 0.15) is 10.4 Å². The molecule has 0 aliphatic rings. The van der Waals surface area contributed by atoms with Gasteiger partial charge in [0.15, 0.2) is 0 Å². The molecule has 1 rings (SSSR count). The molecule has 1 aromatic carbocycles. The zero-order valence-corrected chi connectivity index (χ0v) is 10.1. The largest absolute Gasteiger partial charge is 0.478 e. The van der Waals surface area contributed by atoms with Crippen LogP contribution in [0.4, 0.5) is 11.4 Å². The van der Waals surface area contributed by atoms with Gasteiger partial charge in [0.25, 0.3) is 0 Å². The van der Waals surface area contributed by atoms with Gasteiger partial charge in [-0.05, 0) is 18.2 Å². The predicted molar refractivity (Wildman–Crippen MR) is 66.0 cm³/mol. The molecule has 0 saturated heterocycles. The third kappa shape index (κ3) is 4.31. The Bertz CT molecular complexity index is 525. The maximum Gasteiger partial charge on any atom is 0.335 e. The van der Waals surface area contributed by atoms with Crippen molar-refractivity contribution in [3.05, 3.63) is 23.8 Å². The Hall–Kier alpha value is -1.76. The van der Waals surface area contributed by atoms with Gasteiger partial charge in [0.05, 0.1) is 22.7 Å². The van der Waals surface area contributed by atoms with E-state index in [0.717, 1.165) is 6.26 Å². The fourth-order valence-corrected chi connectivity index (χ4v) is 1.70. The average Bonchev–Trinajstić information content (AvgIpc) is 2.18. The van der Waals surface area contributed by atoms with E-state index in [0.29, 0.717) is 5.69 Å². The van der Waals surface area contributed by atoms with Gasteiger partial charge in [-0.3, -0.25) is 0 Å². The van der Waals surface area contributed by atoms with Crippen molar-refractivity contribution >= 4 is 27.2 Å². The Morgan fingerprint density at radius 3 is 2.59 bits per heavy atom. The third-order valence-corrected chi connectivity index (χ3v) is 3.03. The van der Waals surface area contributed by atoms with Gasteiger partial charge in [-0.2, -0.15) is 0 Å². The zero-order chi connectivity index (χ0) is 13.1. The van der Waals surface area contributed by atoms with Crippen molar-refractivity contribution < 1.29 is 18.3 Å². The topological polar surface area (TPSA) is 109 Å². The lowest BCUT2D eigenvalue weighted by Gasteiger charge is -2.09. The molecule has 0 aromatic heterocycles. The number of aromatic carboxylic acids is 1. The molecular formula is C10H14N2O4S. The van der Waals surface area contributed by atoms with Crippen LogP contribution in [-0.4, -0.2) is 38.0 Å². The van der Waals surface area contributed by atoms with Gasteiger partial charge in [0.2, 0.25) is 0 Å². The number of benzene rings is 1. The van der Waals surface area contributed by atoms with Crippen molar-refractivity contribution in [2.45, 2.75) is 0 Å². The first-order valence-corrected chi connectivity index (χ1v) is 6.90. The fraction of sp³-hybridized carbons (Fsp3) is 0.300. The van der Waals surface area contributed by atoms with Crippen molar-refractivity contribution in [1.29, 1.82) is 0 Å². The Morgan fingerprint density at radius 2 is 2.12 bits per heavy atom.